The van der Waals surface area contributed by atoms with Gasteiger partial charge in [0.25, 0.3) is 25.4 Å². The van der Waals surface area contributed by atoms with Crippen molar-refractivity contribution in [3.63, 3.8) is 0 Å². The van der Waals surface area contributed by atoms with E-state index in [-0.39, 0.29) is 51.1 Å². The number of alkyl halides is 5. The maximum Gasteiger partial charge on any atom is 1.00 e. The number of halogens is 7. The molecule has 0 fully saturated rings. The monoisotopic (exact) mass is 1030 g/mol. The second kappa shape index (κ2) is 39.0. The predicted molar refractivity (Wildman–Crippen MR) is 192 cm³/mol. The summed E-state index contributed by atoms with van der Waals surface area (Å²) >= 11 is 29.2. The topological polar surface area (TPSA) is 445 Å². The van der Waals surface area contributed by atoms with E-state index in [2.05, 4.69) is 50.9 Å². The van der Waals surface area contributed by atoms with Crippen LogP contribution in [0, 0.1) is 55.5 Å². The first-order chi connectivity index (χ1) is 26.5. The van der Waals surface area contributed by atoms with Gasteiger partial charge in [-0.1, -0.05) is 0 Å². The molecule has 38 heteroatoms. The van der Waals surface area contributed by atoms with Crippen molar-refractivity contribution in [1.29, 1.82) is 0 Å². The van der Waals surface area contributed by atoms with Gasteiger partial charge < -0.3 is 65.1 Å². The standard InChI is InChI=1S/C7H11Cl5.C7H11N5O15.C7H16O6.Cl2.HNO3.Na/c1-3(8)5(10)7(12)6(11)4(2)9;1-3(23-8(13)14)5(25-10(17)18)7(27-12(21)22)6(26-11(19)20)4(2)24-9(15)16;1-3(9)5(11)7(13)6(12)4(10)2-8;1-2;2-1-4-3;/h3-7H,1-2H3;3-7H,1-2H3;3-13H,2H2,1H3;;3H;/q;;;;;+1/p-1. The van der Waals surface area contributed by atoms with Gasteiger partial charge in [0.2, 0.25) is 0 Å². The van der Waals surface area contributed by atoms with Crippen LogP contribution in [0.2, 0.25) is 0 Å². The second-order valence-corrected chi connectivity index (χ2v) is 13.1. The van der Waals surface area contributed by atoms with Crippen LogP contribution in [0.5, 0.6) is 0 Å². The molecule has 0 rings (SSSR count). The molecule has 0 amide bonds. The van der Waals surface area contributed by atoms with E-state index < -0.39 is 98.5 Å². The van der Waals surface area contributed by atoms with E-state index in [4.69, 9.17) is 98.8 Å². The van der Waals surface area contributed by atoms with Crippen molar-refractivity contribution in [2.24, 2.45) is 5.34 Å². The van der Waals surface area contributed by atoms with Gasteiger partial charge in [0, 0.05) is 32.5 Å². The van der Waals surface area contributed by atoms with E-state index in [1.54, 1.807) is 13.8 Å². The molecule has 13 atom stereocenters. The van der Waals surface area contributed by atoms with Gasteiger partial charge in [0.05, 0.1) is 28.8 Å². The van der Waals surface area contributed by atoms with Crippen molar-refractivity contribution in [3.05, 3.63) is 55.5 Å². The van der Waals surface area contributed by atoms with Crippen LogP contribution in [0.4, 0.5) is 0 Å². The molecule has 346 valence electrons. The average Bonchev–Trinajstić information content (AvgIpc) is 3.13. The van der Waals surface area contributed by atoms with Crippen LogP contribution in [0.25, 0.3) is 0 Å². The molecular formula is C21H38Cl7N6NaO24. The van der Waals surface area contributed by atoms with Gasteiger partial charge in [0.15, 0.2) is 18.3 Å². The van der Waals surface area contributed by atoms with Gasteiger partial charge in [-0.25, -0.2) is 0 Å². The number of rotatable bonds is 24. The fourth-order valence-corrected chi connectivity index (χ4v) is 4.61. The Morgan fingerprint density at radius 2 is 0.814 bits per heavy atom. The van der Waals surface area contributed by atoms with Crippen LogP contribution in [0.3, 0.4) is 0 Å². The summed E-state index contributed by atoms with van der Waals surface area (Å²) in [6.07, 6.45) is -18.9. The van der Waals surface area contributed by atoms with Crippen molar-refractivity contribution < 1.29 is 120 Å². The van der Waals surface area contributed by atoms with Gasteiger partial charge >= 0.3 is 29.6 Å². The normalized spacial score (nSPS) is 17.7. The van der Waals surface area contributed by atoms with Crippen molar-refractivity contribution in [2.45, 2.75) is 123 Å². The van der Waals surface area contributed by atoms with Gasteiger partial charge in [-0.3, -0.25) is 0 Å². The molecule has 0 aromatic heterocycles. The second-order valence-electron chi connectivity index (χ2n) is 10.2. The van der Waals surface area contributed by atoms with Crippen molar-refractivity contribution in [1.82, 2.24) is 0 Å². The Hall–Kier alpha value is -1.85. The zero-order valence-corrected chi connectivity index (χ0v) is 38.0. The molecule has 30 nitrogen and oxygen atoms in total. The fourth-order valence-electron chi connectivity index (χ4n) is 3.33. The molecule has 0 aromatic rings. The molecule has 0 aromatic carbocycles. The zero-order chi connectivity index (χ0) is 47.2. The Labute approximate surface area is 387 Å². The minimum Gasteiger partial charge on any atom is -0.635 e. The number of aliphatic hydroxyl groups excluding tert-OH is 6. The third kappa shape index (κ3) is 34.4. The summed E-state index contributed by atoms with van der Waals surface area (Å²) in [6.45, 7) is 5.59. The van der Waals surface area contributed by atoms with Crippen LogP contribution in [-0.2, 0) is 29.2 Å². The first-order valence-electron chi connectivity index (χ1n) is 14.6. The summed E-state index contributed by atoms with van der Waals surface area (Å²) in [5, 5.41) is 107. The average molecular weight is 1030 g/mol. The van der Waals surface area contributed by atoms with E-state index in [1.807, 2.05) is 0 Å². The van der Waals surface area contributed by atoms with Gasteiger partial charge in [-0.2, -0.15) is 0 Å². The molecule has 0 heterocycles. The molecule has 0 spiro atoms. The number of aliphatic hydroxyl groups is 6. The SMILES string of the molecule is CC(Cl)C(Cl)C(Cl)C(Cl)C(C)Cl.CC(O)C(O)C(O)C(O)C(O)CO.CC(O[N+](=O)[O-])C(O[N+](=O)[O-])C(O[N+](=O)[O-])C(O[N+](=O)[O-])C(C)O[N+](=O)[O-].ClCl.O=NO[O-].[Na+]. The van der Waals surface area contributed by atoms with E-state index in [0.717, 1.165) is 13.8 Å². The molecule has 0 aliphatic carbocycles. The van der Waals surface area contributed by atoms with E-state index >= 15 is 0 Å². The predicted octanol–water partition coefficient (Wildman–Crippen LogP) is -2.88. The molecule has 0 saturated carbocycles. The summed E-state index contributed by atoms with van der Waals surface area (Å²) in [6, 6.07) is 0. The summed E-state index contributed by atoms with van der Waals surface area (Å²) in [7, 11) is 8.22. The molecule has 0 bridgehead atoms. The summed E-state index contributed by atoms with van der Waals surface area (Å²) < 4.78 is 0. The van der Waals surface area contributed by atoms with Crippen LogP contribution in [-0.4, -0.2) is 151 Å². The molecule has 0 radical (unpaired) electrons. The Morgan fingerprint density at radius 1 is 0.542 bits per heavy atom. The first kappa shape index (κ1) is 68.9. The maximum absolute atomic E-state index is 10.7. The zero-order valence-electron chi connectivity index (χ0n) is 30.7. The molecule has 59 heavy (non-hydrogen) atoms. The summed E-state index contributed by atoms with van der Waals surface area (Å²) in [5.41, 5.74) is 0. The number of hydrogen-bond donors (Lipinski definition) is 6. The summed E-state index contributed by atoms with van der Waals surface area (Å²) in [4.78, 5) is 83.5. The van der Waals surface area contributed by atoms with Crippen molar-refractivity contribution >= 4 is 79.7 Å². The number of nitrogens with zero attached hydrogens (tertiary/aromatic N) is 6. The molecule has 6 N–H and O–H groups in total. The van der Waals surface area contributed by atoms with E-state index in [1.165, 1.54) is 12.3 Å². The summed E-state index contributed by atoms with van der Waals surface area (Å²) in [5.74, 6) is 0. The van der Waals surface area contributed by atoms with Crippen LogP contribution >= 0.6 is 79.7 Å². The van der Waals surface area contributed by atoms with E-state index in [0.29, 0.717) is 0 Å². The Kier molecular flexibility index (Phi) is 45.6. The van der Waals surface area contributed by atoms with Crippen molar-refractivity contribution in [2.75, 3.05) is 6.61 Å². The third-order valence-corrected chi connectivity index (χ3v) is 8.89. The smallest absolute Gasteiger partial charge is 0.635 e. The largest absolute Gasteiger partial charge is 1.00 e. The Bertz CT molecular complexity index is 1120. The Balaban J connectivity index is -0.000000183. The minimum absolute atomic E-state index is 0. The molecule has 0 saturated heterocycles. The molecule has 0 aliphatic rings. The Morgan fingerprint density at radius 3 is 1.02 bits per heavy atom. The first-order valence-corrected chi connectivity index (χ1v) is 17.9. The molecular weight excluding hydrogens is 991 g/mol. The number of hydrogen-bond acceptors (Lipinski definition) is 25. The maximum atomic E-state index is 10.7. The van der Waals surface area contributed by atoms with Crippen LogP contribution in [0.15, 0.2) is 5.34 Å². The van der Waals surface area contributed by atoms with Crippen LogP contribution < -0.4 is 34.8 Å². The van der Waals surface area contributed by atoms with Gasteiger partial charge in [0.1, 0.15) is 42.0 Å². The van der Waals surface area contributed by atoms with E-state index in [9.17, 15) is 50.6 Å². The van der Waals surface area contributed by atoms with Crippen LogP contribution in [0.1, 0.15) is 34.6 Å². The molecule has 0 aliphatic heterocycles. The molecule has 13 unspecified atom stereocenters. The third-order valence-electron chi connectivity index (χ3n) is 5.99. The van der Waals surface area contributed by atoms with Gasteiger partial charge in [-0.15, -0.1) is 113 Å². The fraction of sp³-hybridized carbons (Fsp3) is 1.00. The minimum atomic E-state index is -2.50. The van der Waals surface area contributed by atoms with Crippen molar-refractivity contribution in [3.8, 4) is 0 Å². The van der Waals surface area contributed by atoms with Gasteiger partial charge in [-0.05, 0) is 34.6 Å². The quantitative estimate of drug-likeness (QED) is 0.0141.